The summed E-state index contributed by atoms with van der Waals surface area (Å²) in [5.41, 5.74) is 3.13. The molecular weight excluding hydrogens is 274 g/mol. The molecule has 5 heteroatoms. The monoisotopic (exact) mass is 291 g/mol. The maximum Gasteiger partial charge on any atom is 0.216 e. The molecule has 0 radical (unpaired) electrons. The third-order valence-electron chi connectivity index (χ3n) is 3.21. The van der Waals surface area contributed by atoms with Crippen LogP contribution in [0.1, 0.15) is 22.9 Å². The van der Waals surface area contributed by atoms with Gasteiger partial charge in [0.2, 0.25) is 5.88 Å². The predicted octanol–water partition coefficient (Wildman–Crippen LogP) is 2.95. The number of methoxy groups -OCH3 is 1. The molecule has 0 saturated heterocycles. The number of hydrogen-bond acceptors (Lipinski definition) is 4. The average Bonchev–Trinajstić information content (AvgIpc) is 2.46. The number of nitrogens with one attached hydrogen (secondary N) is 1. The van der Waals surface area contributed by atoms with Crippen LogP contribution in [0, 0.1) is 6.92 Å². The molecule has 4 nitrogen and oxygen atoms in total. The molecule has 2 aromatic rings. The Morgan fingerprint density at radius 1 is 1.30 bits per heavy atom. The summed E-state index contributed by atoms with van der Waals surface area (Å²) in [6.07, 6.45) is 2.27. The second-order valence-corrected chi connectivity index (χ2v) is 5.03. The lowest BCUT2D eigenvalue weighted by Crippen LogP contribution is -2.20. The summed E-state index contributed by atoms with van der Waals surface area (Å²) < 4.78 is 5.13. The van der Waals surface area contributed by atoms with Crippen LogP contribution in [0.25, 0.3) is 0 Å². The number of aromatic nitrogens is 2. The zero-order valence-corrected chi connectivity index (χ0v) is 12.6. The van der Waals surface area contributed by atoms with Crippen molar-refractivity contribution in [1.82, 2.24) is 15.3 Å². The Bertz CT molecular complexity index is 589. The highest BCUT2D eigenvalue weighted by molar-refractivity contribution is 6.31. The van der Waals surface area contributed by atoms with Gasteiger partial charge in [-0.1, -0.05) is 23.7 Å². The first-order valence-corrected chi connectivity index (χ1v) is 6.80. The molecule has 0 amide bonds. The molecule has 0 bridgehead atoms. The molecule has 1 aromatic carbocycles. The highest BCUT2D eigenvalue weighted by Gasteiger charge is 2.14. The van der Waals surface area contributed by atoms with Crippen molar-refractivity contribution in [2.45, 2.75) is 19.4 Å². The zero-order valence-electron chi connectivity index (χ0n) is 11.9. The van der Waals surface area contributed by atoms with Crippen LogP contribution in [-0.2, 0) is 6.42 Å². The largest absolute Gasteiger partial charge is 0.481 e. The minimum atomic E-state index is 0.0621. The summed E-state index contributed by atoms with van der Waals surface area (Å²) in [6.45, 7) is 2.03. The van der Waals surface area contributed by atoms with Crippen molar-refractivity contribution in [1.29, 1.82) is 0 Å². The van der Waals surface area contributed by atoms with Crippen LogP contribution in [0.2, 0.25) is 5.02 Å². The minimum Gasteiger partial charge on any atom is -0.481 e. The van der Waals surface area contributed by atoms with Gasteiger partial charge in [0.05, 0.1) is 18.8 Å². The fourth-order valence-electron chi connectivity index (χ4n) is 2.05. The van der Waals surface area contributed by atoms with Crippen LogP contribution in [-0.4, -0.2) is 24.1 Å². The van der Waals surface area contributed by atoms with Crippen LogP contribution in [0.5, 0.6) is 5.88 Å². The van der Waals surface area contributed by atoms with E-state index in [1.165, 1.54) is 6.33 Å². The summed E-state index contributed by atoms with van der Waals surface area (Å²) in [6, 6.07) is 8.00. The van der Waals surface area contributed by atoms with E-state index in [4.69, 9.17) is 16.3 Å². The van der Waals surface area contributed by atoms with E-state index in [2.05, 4.69) is 27.4 Å². The number of nitrogens with zero attached hydrogens (tertiary/aromatic N) is 2. The molecule has 0 aliphatic heterocycles. The summed E-state index contributed by atoms with van der Waals surface area (Å²) in [4.78, 5) is 8.33. The van der Waals surface area contributed by atoms with Gasteiger partial charge in [-0.3, -0.25) is 0 Å². The van der Waals surface area contributed by atoms with Gasteiger partial charge in [-0.2, -0.15) is 0 Å². The van der Waals surface area contributed by atoms with Gasteiger partial charge < -0.3 is 10.1 Å². The van der Waals surface area contributed by atoms with Gasteiger partial charge in [-0.15, -0.1) is 0 Å². The van der Waals surface area contributed by atoms with Gasteiger partial charge in [-0.25, -0.2) is 9.97 Å². The Morgan fingerprint density at radius 3 is 2.75 bits per heavy atom. The lowest BCUT2D eigenvalue weighted by atomic mass is 10.0. The number of halogens is 1. The molecule has 1 atom stereocenters. The standard InChI is InChI=1S/C15H18ClN3O/c1-10-4-5-11(12(16)6-10)7-13(17-2)14-8-15(20-3)19-9-18-14/h4-6,8-9,13,17H,7H2,1-3H3. The van der Waals surface area contributed by atoms with Crippen molar-refractivity contribution in [3.8, 4) is 5.88 Å². The molecule has 1 N–H and O–H groups in total. The van der Waals surface area contributed by atoms with Crippen molar-refractivity contribution in [2.75, 3.05) is 14.2 Å². The van der Waals surface area contributed by atoms with Crippen molar-refractivity contribution in [2.24, 2.45) is 0 Å². The molecule has 0 saturated carbocycles. The third kappa shape index (κ3) is 3.46. The van der Waals surface area contributed by atoms with E-state index in [9.17, 15) is 0 Å². The van der Waals surface area contributed by atoms with E-state index in [-0.39, 0.29) is 6.04 Å². The molecule has 1 aromatic heterocycles. The van der Waals surface area contributed by atoms with Crippen molar-refractivity contribution in [3.63, 3.8) is 0 Å². The lowest BCUT2D eigenvalue weighted by molar-refractivity contribution is 0.394. The summed E-state index contributed by atoms with van der Waals surface area (Å²) >= 11 is 6.29. The van der Waals surface area contributed by atoms with Crippen LogP contribution >= 0.6 is 11.6 Å². The summed E-state index contributed by atoms with van der Waals surface area (Å²) in [5, 5.41) is 4.04. The molecule has 20 heavy (non-hydrogen) atoms. The van der Waals surface area contributed by atoms with E-state index in [0.717, 1.165) is 28.3 Å². The second kappa shape index (κ2) is 6.68. The van der Waals surface area contributed by atoms with Crippen LogP contribution < -0.4 is 10.1 Å². The number of rotatable bonds is 5. The van der Waals surface area contributed by atoms with Gasteiger partial charge in [0.25, 0.3) is 0 Å². The normalized spacial score (nSPS) is 12.2. The highest BCUT2D eigenvalue weighted by Crippen LogP contribution is 2.24. The topological polar surface area (TPSA) is 47.0 Å². The van der Waals surface area contributed by atoms with Gasteiger partial charge in [0.1, 0.15) is 6.33 Å². The maximum absolute atomic E-state index is 6.29. The summed E-state index contributed by atoms with van der Waals surface area (Å²) in [5.74, 6) is 0.560. The molecule has 0 spiro atoms. The first kappa shape index (κ1) is 14.8. The fraction of sp³-hybridized carbons (Fsp3) is 0.333. The van der Waals surface area contributed by atoms with E-state index in [1.807, 2.05) is 26.1 Å². The number of ether oxygens (including phenoxy) is 1. The fourth-order valence-corrected chi connectivity index (χ4v) is 2.36. The predicted molar refractivity (Wildman–Crippen MR) is 80.3 cm³/mol. The van der Waals surface area contributed by atoms with Gasteiger partial charge >= 0.3 is 0 Å². The first-order chi connectivity index (χ1) is 9.63. The highest BCUT2D eigenvalue weighted by atomic mass is 35.5. The number of aryl methyl sites for hydroxylation is 1. The SMILES string of the molecule is CNC(Cc1ccc(C)cc1Cl)c1cc(OC)ncn1. The molecule has 0 aliphatic rings. The lowest BCUT2D eigenvalue weighted by Gasteiger charge is -2.17. The molecule has 2 rings (SSSR count). The molecule has 1 unspecified atom stereocenters. The van der Waals surface area contributed by atoms with Crippen LogP contribution in [0.15, 0.2) is 30.6 Å². The quantitative estimate of drug-likeness (QED) is 0.920. The van der Waals surface area contributed by atoms with Crippen molar-refractivity contribution < 1.29 is 4.74 Å². The maximum atomic E-state index is 6.29. The smallest absolute Gasteiger partial charge is 0.216 e. The molecule has 0 aliphatic carbocycles. The van der Waals surface area contributed by atoms with E-state index in [0.29, 0.717) is 5.88 Å². The molecule has 106 valence electrons. The average molecular weight is 292 g/mol. The van der Waals surface area contributed by atoms with Crippen molar-refractivity contribution >= 4 is 11.6 Å². The Balaban J connectivity index is 2.23. The van der Waals surface area contributed by atoms with Crippen molar-refractivity contribution in [3.05, 3.63) is 52.4 Å². The second-order valence-electron chi connectivity index (χ2n) is 4.63. The number of benzene rings is 1. The van der Waals surface area contributed by atoms with E-state index in [1.54, 1.807) is 7.11 Å². The molecular formula is C15H18ClN3O. The first-order valence-electron chi connectivity index (χ1n) is 6.42. The Morgan fingerprint density at radius 2 is 2.10 bits per heavy atom. The van der Waals surface area contributed by atoms with E-state index >= 15 is 0 Å². The van der Waals surface area contributed by atoms with Gasteiger partial charge in [-0.05, 0) is 37.6 Å². The minimum absolute atomic E-state index is 0.0621. The Labute approximate surface area is 124 Å². The molecule has 1 heterocycles. The summed E-state index contributed by atoms with van der Waals surface area (Å²) in [7, 11) is 3.50. The molecule has 0 fully saturated rings. The zero-order chi connectivity index (χ0) is 14.5. The van der Waals surface area contributed by atoms with Crippen LogP contribution in [0.4, 0.5) is 0 Å². The van der Waals surface area contributed by atoms with E-state index < -0.39 is 0 Å². The number of likely N-dealkylation sites (N-methyl/N-ethyl adjacent to an activating group) is 1. The van der Waals surface area contributed by atoms with Crippen LogP contribution in [0.3, 0.4) is 0 Å². The number of hydrogen-bond donors (Lipinski definition) is 1. The van der Waals surface area contributed by atoms with Gasteiger partial charge in [0.15, 0.2) is 0 Å². The Kier molecular flexibility index (Phi) is 4.93. The third-order valence-corrected chi connectivity index (χ3v) is 3.56. The Hall–Kier alpha value is -1.65. The van der Waals surface area contributed by atoms with Gasteiger partial charge in [0, 0.05) is 11.1 Å².